The summed E-state index contributed by atoms with van der Waals surface area (Å²) in [5, 5.41) is 5.21. The molecule has 0 aromatic heterocycles. The third kappa shape index (κ3) is 7.62. The number of hydrazine groups is 1. The SMILES string of the molecule is Cc1cccc(C(=O)Nc2ccc(C(=O)NNC(=S)NC(=O)c3cc(Br)ccc3OC(C)C)cc2)c1. The first-order valence-electron chi connectivity index (χ1n) is 11.0. The number of benzene rings is 3. The van der Waals surface area contributed by atoms with Gasteiger partial charge in [-0.1, -0.05) is 33.6 Å². The van der Waals surface area contributed by atoms with E-state index in [1.807, 2.05) is 32.9 Å². The van der Waals surface area contributed by atoms with E-state index in [1.54, 1.807) is 54.6 Å². The number of amides is 3. The number of anilines is 1. The molecule has 0 aliphatic rings. The number of carbonyl (C=O) groups excluding carboxylic acids is 3. The first-order chi connectivity index (χ1) is 17.1. The van der Waals surface area contributed by atoms with E-state index < -0.39 is 11.8 Å². The lowest BCUT2D eigenvalue weighted by molar-refractivity contribution is 0.0933. The number of hydrogen-bond acceptors (Lipinski definition) is 5. The fraction of sp³-hybridized carbons (Fsp3) is 0.154. The van der Waals surface area contributed by atoms with Crippen molar-refractivity contribution in [1.29, 1.82) is 0 Å². The Balaban J connectivity index is 1.54. The molecule has 0 heterocycles. The maximum atomic E-state index is 12.7. The van der Waals surface area contributed by atoms with Crippen LogP contribution in [-0.2, 0) is 0 Å². The Bertz CT molecular complexity index is 1300. The molecule has 0 aliphatic carbocycles. The molecule has 0 saturated heterocycles. The van der Waals surface area contributed by atoms with E-state index in [1.165, 1.54) is 0 Å². The van der Waals surface area contributed by atoms with Crippen LogP contribution in [0, 0.1) is 6.92 Å². The number of aryl methyl sites for hydroxylation is 1. The molecule has 0 fully saturated rings. The van der Waals surface area contributed by atoms with Crippen molar-refractivity contribution < 1.29 is 19.1 Å². The van der Waals surface area contributed by atoms with E-state index in [0.717, 1.165) is 5.56 Å². The summed E-state index contributed by atoms with van der Waals surface area (Å²) in [7, 11) is 0. The lowest BCUT2D eigenvalue weighted by Crippen LogP contribution is -2.48. The number of rotatable bonds is 6. The van der Waals surface area contributed by atoms with Crippen LogP contribution in [0.4, 0.5) is 5.69 Å². The Morgan fingerprint density at radius 2 is 1.58 bits per heavy atom. The van der Waals surface area contributed by atoms with Crippen LogP contribution >= 0.6 is 28.1 Å². The second kappa shape index (κ2) is 12.3. The highest BCUT2D eigenvalue weighted by atomic mass is 79.9. The highest BCUT2D eigenvalue weighted by Gasteiger charge is 2.16. The van der Waals surface area contributed by atoms with Gasteiger partial charge in [0, 0.05) is 21.3 Å². The summed E-state index contributed by atoms with van der Waals surface area (Å²) in [6, 6.07) is 18.7. The topological polar surface area (TPSA) is 109 Å². The zero-order chi connectivity index (χ0) is 26.2. The zero-order valence-corrected chi connectivity index (χ0v) is 22.2. The van der Waals surface area contributed by atoms with Gasteiger partial charge >= 0.3 is 0 Å². The Labute approximate surface area is 222 Å². The lowest BCUT2D eigenvalue weighted by Gasteiger charge is -2.15. The summed E-state index contributed by atoms with van der Waals surface area (Å²) in [5.74, 6) is -0.806. The number of ether oxygens (including phenoxy) is 1. The third-order valence-corrected chi connectivity index (χ3v) is 5.45. The highest BCUT2D eigenvalue weighted by Crippen LogP contribution is 2.24. The molecule has 3 aromatic rings. The smallest absolute Gasteiger partial charge is 0.269 e. The number of thiocarbonyl (C=S) groups is 1. The van der Waals surface area contributed by atoms with Crippen LogP contribution in [0.2, 0.25) is 0 Å². The minimum atomic E-state index is -0.493. The van der Waals surface area contributed by atoms with E-state index in [4.69, 9.17) is 17.0 Å². The van der Waals surface area contributed by atoms with Crippen LogP contribution in [0.25, 0.3) is 0 Å². The predicted octanol–water partition coefficient (Wildman–Crippen LogP) is 4.75. The van der Waals surface area contributed by atoms with Crippen molar-refractivity contribution in [2.24, 2.45) is 0 Å². The fourth-order valence-electron chi connectivity index (χ4n) is 3.12. The molecular formula is C26H25BrN4O4S. The second-order valence-electron chi connectivity index (χ2n) is 8.07. The van der Waals surface area contributed by atoms with Gasteiger partial charge in [-0.3, -0.25) is 30.6 Å². The van der Waals surface area contributed by atoms with Gasteiger partial charge in [0.15, 0.2) is 5.11 Å². The fourth-order valence-corrected chi connectivity index (χ4v) is 3.62. The Kier molecular flexibility index (Phi) is 9.15. The number of halogens is 1. The molecule has 0 unspecified atom stereocenters. The second-order valence-corrected chi connectivity index (χ2v) is 9.39. The van der Waals surface area contributed by atoms with Gasteiger partial charge in [-0.25, -0.2) is 0 Å². The van der Waals surface area contributed by atoms with E-state index in [9.17, 15) is 14.4 Å². The molecule has 3 amide bonds. The highest BCUT2D eigenvalue weighted by molar-refractivity contribution is 9.10. The maximum absolute atomic E-state index is 12.7. The van der Waals surface area contributed by atoms with Crippen molar-refractivity contribution in [2.75, 3.05) is 5.32 Å². The molecule has 10 heteroatoms. The normalized spacial score (nSPS) is 10.4. The Morgan fingerprint density at radius 1 is 0.861 bits per heavy atom. The van der Waals surface area contributed by atoms with Gasteiger partial charge in [0.05, 0.1) is 11.7 Å². The molecule has 0 saturated carbocycles. The van der Waals surface area contributed by atoms with Crippen molar-refractivity contribution in [3.63, 3.8) is 0 Å². The van der Waals surface area contributed by atoms with Crippen molar-refractivity contribution in [2.45, 2.75) is 26.9 Å². The standard InChI is InChI=1S/C26H25BrN4O4S/c1-15(2)35-22-12-9-19(27)14-21(22)25(34)29-26(36)31-30-24(33)17-7-10-20(11-8-17)28-23(32)18-6-4-5-16(3)13-18/h4-15H,1-3H3,(H,28,32)(H,30,33)(H2,29,31,34,36). The molecule has 0 atom stereocenters. The minimum Gasteiger partial charge on any atom is -0.490 e. The van der Waals surface area contributed by atoms with Crippen LogP contribution in [0.15, 0.2) is 71.2 Å². The summed E-state index contributed by atoms with van der Waals surface area (Å²) < 4.78 is 6.38. The van der Waals surface area contributed by atoms with Gasteiger partial charge in [0.1, 0.15) is 5.75 Å². The van der Waals surface area contributed by atoms with Crippen molar-refractivity contribution in [1.82, 2.24) is 16.2 Å². The summed E-state index contributed by atoms with van der Waals surface area (Å²) in [6.07, 6.45) is -0.121. The van der Waals surface area contributed by atoms with Crippen LogP contribution in [0.3, 0.4) is 0 Å². The first-order valence-corrected chi connectivity index (χ1v) is 12.2. The van der Waals surface area contributed by atoms with Crippen LogP contribution in [-0.4, -0.2) is 28.9 Å². The van der Waals surface area contributed by atoms with Crippen LogP contribution in [0.5, 0.6) is 5.75 Å². The molecule has 186 valence electrons. The van der Waals surface area contributed by atoms with Gasteiger partial charge in [0.25, 0.3) is 17.7 Å². The van der Waals surface area contributed by atoms with Crippen LogP contribution in [0.1, 0.15) is 50.5 Å². The van der Waals surface area contributed by atoms with Gasteiger partial charge in [-0.05, 0) is 87.6 Å². The summed E-state index contributed by atoms with van der Waals surface area (Å²) in [6.45, 7) is 5.63. The molecule has 36 heavy (non-hydrogen) atoms. The minimum absolute atomic E-state index is 0.0918. The molecule has 0 radical (unpaired) electrons. The quantitative estimate of drug-likeness (QED) is 0.252. The first kappa shape index (κ1) is 26.8. The van der Waals surface area contributed by atoms with Gasteiger partial charge in [-0.2, -0.15) is 0 Å². The molecular weight excluding hydrogens is 544 g/mol. The molecule has 0 aliphatic heterocycles. The van der Waals surface area contributed by atoms with Crippen LogP contribution < -0.4 is 26.2 Å². The summed E-state index contributed by atoms with van der Waals surface area (Å²) in [5.41, 5.74) is 7.62. The number of carbonyl (C=O) groups is 3. The molecule has 0 spiro atoms. The lowest BCUT2D eigenvalue weighted by atomic mass is 10.1. The van der Waals surface area contributed by atoms with Gasteiger partial charge in [-0.15, -0.1) is 0 Å². The zero-order valence-electron chi connectivity index (χ0n) is 19.8. The predicted molar refractivity (Wildman–Crippen MR) is 146 cm³/mol. The molecule has 8 nitrogen and oxygen atoms in total. The average molecular weight is 569 g/mol. The molecule has 3 aromatic carbocycles. The molecule has 3 rings (SSSR count). The Hall–Kier alpha value is -3.76. The van der Waals surface area contributed by atoms with Crippen molar-refractivity contribution in [3.8, 4) is 5.75 Å². The Morgan fingerprint density at radius 3 is 2.25 bits per heavy atom. The number of hydrogen-bond donors (Lipinski definition) is 4. The molecule has 0 bridgehead atoms. The summed E-state index contributed by atoms with van der Waals surface area (Å²) >= 11 is 8.47. The summed E-state index contributed by atoms with van der Waals surface area (Å²) in [4.78, 5) is 37.5. The average Bonchev–Trinajstić information content (AvgIpc) is 2.83. The van der Waals surface area contributed by atoms with E-state index in [2.05, 4.69) is 37.4 Å². The van der Waals surface area contributed by atoms with E-state index >= 15 is 0 Å². The maximum Gasteiger partial charge on any atom is 0.269 e. The largest absolute Gasteiger partial charge is 0.490 e. The van der Waals surface area contributed by atoms with E-state index in [0.29, 0.717) is 27.0 Å². The molecule has 4 N–H and O–H groups in total. The van der Waals surface area contributed by atoms with E-state index in [-0.39, 0.29) is 22.7 Å². The third-order valence-electron chi connectivity index (χ3n) is 4.75. The van der Waals surface area contributed by atoms with Gasteiger partial charge in [0.2, 0.25) is 0 Å². The van der Waals surface area contributed by atoms with Crippen molar-refractivity contribution in [3.05, 3.63) is 93.5 Å². The van der Waals surface area contributed by atoms with Crippen molar-refractivity contribution >= 4 is 56.7 Å². The number of nitrogens with one attached hydrogen (secondary N) is 4. The monoisotopic (exact) mass is 568 g/mol. The van der Waals surface area contributed by atoms with Gasteiger partial charge < -0.3 is 10.1 Å².